The number of aliphatic imine (C=N–C) groups is 1. The number of hydrogen-bond donors (Lipinski definition) is 1. The van der Waals surface area contributed by atoms with E-state index >= 15 is 0 Å². The van der Waals surface area contributed by atoms with Gasteiger partial charge in [-0.1, -0.05) is 12.1 Å². The van der Waals surface area contributed by atoms with Gasteiger partial charge in [-0.25, -0.2) is 0 Å². The van der Waals surface area contributed by atoms with Gasteiger partial charge >= 0.3 is 0 Å². The maximum absolute atomic E-state index is 5.23. The van der Waals surface area contributed by atoms with Gasteiger partial charge in [-0.05, 0) is 24.6 Å². The highest BCUT2D eigenvalue weighted by molar-refractivity contribution is 14.0. The lowest BCUT2D eigenvalue weighted by molar-refractivity contribution is 0.0173. The van der Waals surface area contributed by atoms with E-state index in [1.54, 1.807) is 7.11 Å². The lowest BCUT2D eigenvalue weighted by Gasteiger charge is -2.47. The van der Waals surface area contributed by atoms with Crippen molar-refractivity contribution >= 4 is 29.9 Å². The monoisotopic (exact) mass is 473 g/mol. The third-order valence-corrected chi connectivity index (χ3v) is 5.12. The Hall–Kier alpha value is -1.06. The van der Waals surface area contributed by atoms with E-state index in [-0.39, 0.29) is 24.0 Å². The SMILES string of the molecule is CCNC(=NCC1CN2CCN1CC2)N(C)Cc1ccc(OC)cc1.I. The van der Waals surface area contributed by atoms with Crippen LogP contribution in [0.25, 0.3) is 0 Å². The highest BCUT2D eigenvalue weighted by Crippen LogP contribution is 2.16. The molecule has 7 heteroatoms. The molecule has 4 rings (SSSR count). The molecule has 1 unspecified atom stereocenters. The average Bonchev–Trinajstić information content (AvgIpc) is 2.66. The number of ether oxygens (including phenoxy) is 1. The van der Waals surface area contributed by atoms with Crippen molar-refractivity contribution in [2.45, 2.75) is 19.5 Å². The van der Waals surface area contributed by atoms with Crippen LogP contribution in [0, 0.1) is 0 Å². The Morgan fingerprint density at radius 2 is 1.92 bits per heavy atom. The minimum Gasteiger partial charge on any atom is -0.497 e. The van der Waals surface area contributed by atoms with Crippen LogP contribution in [-0.4, -0.2) is 86.7 Å². The molecule has 3 fully saturated rings. The molecule has 6 nitrogen and oxygen atoms in total. The molecule has 0 amide bonds. The molecular weight excluding hydrogens is 441 g/mol. The van der Waals surface area contributed by atoms with Gasteiger partial charge in [0.2, 0.25) is 0 Å². The summed E-state index contributed by atoms with van der Waals surface area (Å²) < 4.78 is 5.23. The van der Waals surface area contributed by atoms with Gasteiger partial charge in [-0.3, -0.25) is 14.8 Å². The van der Waals surface area contributed by atoms with Gasteiger partial charge in [0.25, 0.3) is 0 Å². The highest BCUT2D eigenvalue weighted by Gasteiger charge is 2.31. The first-order valence-electron chi connectivity index (χ1n) is 9.28. The minimum absolute atomic E-state index is 0. The normalized spacial score (nSPS) is 24.7. The second kappa shape index (κ2) is 10.3. The number of benzene rings is 1. The molecule has 26 heavy (non-hydrogen) atoms. The lowest BCUT2D eigenvalue weighted by atomic mass is 10.1. The molecule has 3 aliphatic heterocycles. The molecule has 1 N–H and O–H groups in total. The summed E-state index contributed by atoms with van der Waals surface area (Å²) in [6.07, 6.45) is 0. The van der Waals surface area contributed by atoms with Crippen LogP contribution in [0.4, 0.5) is 0 Å². The van der Waals surface area contributed by atoms with Crippen molar-refractivity contribution in [3.05, 3.63) is 29.8 Å². The Kier molecular flexibility index (Phi) is 8.43. The molecule has 1 aromatic carbocycles. The van der Waals surface area contributed by atoms with Crippen molar-refractivity contribution in [2.24, 2.45) is 4.99 Å². The number of nitrogens with one attached hydrogen (secondary N) is 1. The molecule has 3 aliphatic rings. The van der Waals surface area contributed by atoms with E-state index in [1.807, 2.05) is 12.1 Å². The van der Waals surface area contributed by atoms with Crippen molar-refractivity contribution in [3.63, 3.8) is 0 Å². The fraction of sp³-hybridized carbons (Fsp3) is 0.632. The maximum atomic E-state index is 5.23. The Morgan fingerprint density at radius 1 is 1.23 bits per heavy atom. The van der Waals surface area contributed by atoms with E-state index in [0.717, 1.165) is 37.9 Å². The quantitative estimate of drug-likeness (QED) is 0.387. The van der Waals surface area contributed by atoms with Crippen LogP contribution in [0.1, 0.15) is 12.5 Å². The molecule has 0 saturated carbocycles. The summed E-state index contributed by atoms with van der Waals surface area (Å²) in [4.78, 5) is 12.3. The predicted octanol–water partition coefficient (Wildman–Crippen LogP) is 1.71. The van der Waals surface area contributed by atoms with Crippen LogP contribution in [-0.2, 0) is 6.54 Å². The molecule has 146 valence electrons. The predicted molar refractivity (Wildman–Crippen MR) is 118 cm³/mol. The topological polar surface area (TPSA) is 43.3 Å². The number of piperazine rings is 3. The van der Waals surface area contributed by atoms with Gasteiger partial charge in [0.05, 0.1) is 13.7 Å². The minimum atomic E-state index is 0. The van der Waals surface area contributed by atoms with Crippen molar-refractivity contribution in [3.8, 4) is 5.75 Å². The second-order valence-corrected chi connectivity index (χ2v) is 6.89. The van der Waals surface area contributed by atoms with Gasteiger partial charge in [-0.15, -0.1) is 24.0 Å². The van der Waals surface area contributed by atoms with E-state index in [1.165, 1.54) is 31.7 Å². The largest absolute Gasteiger partial charge is 0.497 e. The average molecular weight is 473 g/mol. The summed E-state index contributed by atoms with van der Waals surface area (Å²) in [5, 5.41) is 3.43. The second-order valence-electron chi connectivity index (χ2n) is 6.89. The van der Waals surface area contributed by atoms with E-state index in [0.29, 0.717) is 6.04 Å². The maximum Gasteiger partial charge on any atom is 0.194 e. The number of nitrogens with zero attached hydrogens (tertiary/aromatic N) is 4. The molecule has 0 aliphatic carbocycles. The Balaban J connectivity index is 0.00000243. The number of rotatable bonds is 6. The Bertz CT molecular complexity index is 572. The Labute approximate surface area is 174 Å². The van der Waals surface area contributed by atoms with Crippen LogP contribution >= 0.6 is 24.0 Å². The molecule has 3 saturated heterocycles. The third-order valence-electron chi connectivity index (χ3n) is 5.12. The van der Waals surface area contributed by atoms with Gasteiger partial charge in [0.1, 0.15) is 5.75 Å². The summed E-state index contributed by atoms with van der Waals surface area (Å²) in [5.41, 5.74) is 1.25. The van der Waals surface area contributed by atoms with Crippen LogP contribution in [0.5, 0.6) is 5.75 Å². The van der Waals surface area contributed by atoms with Crippen LogP contribution in [0.3, 0.4) is 0 Å². The molecule has 3 heterocycles. The van der Waals surface area contributed by atoms with E-state index in [9.17, 15) is 0 Å². The van der Waals surface area contributed by atoms with Gasteiger partial charge in [0.15, 0.2) is 5.96 Å². The summed E-state index contributed by atoms with van der Waals surface area (Å²) in [7, 11) is 3.80. The number of fused-ring (bicyclic) bond motifs is 3. The smallest absolute Gasteiger partial charge is 0.194 e. The summed E-state index contributed by atoms with van der Waals surface area (Å²) in [6.45, 7) is 10.7. The molecule has 0 aromatic heterocycles. The first-order chi connectivity index (χ1) is 12.2. The Morgan fingerprint density at radius 3 is 2.46 bits per heavy atom. The van der Waals surface area contributed by atoms with Gasteiger partial charge in [0, 0.05) is 58.9 Å². The third kappa shape index (κ3) is 5.47. The molecule has 0 spiro atoms. The highest BCUT2D eigenvalue weighted by atomic mass is 127. The zero-order valence-electron chi connectivity index (χ0n) is 16.1. The van der Waals surface area contributed by atoms with E-state index in [2.05, 4.69) is 46.1 Å². The van der Waals surface area contributed by atoms with Crippen LogP contribution in [0.2, 0.25) is 0 Å². The summed E-state index contributed by atoms with van der Waals surface area (Å²) in [5.74, 6) is 1.87. The number of halogens is 1. The number of hydrogen-bond acceptors (Lipinski definition) is 4. The fourth-order valence-corrected chi connectivity index (χ4v) is 3.64. The van der Waals surface area contributed by atoms with E-state index < -0.39 is 0 Å². The number of methoxy groups -OCH3 is 1. The van der Waals surface area contributed by atoms with Crippen molar-refractivity contribution in [1.82, 2.24) is 20.0 Å². The zero-order valence-corrected chi connectivity index (χ0v) is 18.5. The van der Waals surface area contributed by atoms with Gasteiger partial charge < -0.3 is 15.0 Å². The summed E-state index contributed by atoms with van der Waals surface area (Å²) in [6, 6.07) is 8.79. The van der Waals surface area contributed by atoms with Crippen LogP contribution in [0.15, 0.2) is 29.3 Å². The van der Waals surface area contributed by atoms with E-state index in [4.69, 9.17) is 9.73 Å². The standard InChI is InChI=1S/C19H31N5O.HI/c1-4-20-19(21-13-17-15-23-9-11-24(17)12-10-23)22(2)14-16-5-7-18(25-3)8-6-16;/h5-8,17H,4,9-15H2,1-3H3,(H,20,21);1H. The molecule has 1 aromatic rings. The molecule has 0 radical (unpaired) electrons. The first kappa shape index (κ1) is 21.2. The first-order valence-corrected chi connectivity index (χ1v) is 9.28. The van der Waals surface area contributed by atoms with Crippen LogP contribution < -0.4 is 10.1 Å². The molecule has 2 bridgehead atoms. The molecular formula is C19H32IN5O. The zero-order chi connectivity index (χ0) is 17.6. The fourth-order valence-electron chi connectivity index (χ4n) is 3.64. The van der Waals surface area contributed by atoms with Crippen molar-refractivity contribution < 1.29 is 4.74 Å². The lowest BCUT2D eigenvalue weighted by Crippen LogP contribution is -2.62. The number of guanidine groups is 1. The van der Waals surface area contributed by atoms with Gasteiger partial charge in [-0.2, -0.15) is 0 Å². The van der Waals surface area contributed by atoms with Crippen molar-refractivity contribution in [1.29, 1.82) is 0 Å². The molecule has 1 atom stereocenters. The summed E-state index contributed by atoms with van der Waals surface area (Å²) >= 11 is 0. The van der Waals surface area contributed by atoms with Crippen molar-refractivity contribution in [2.75, 3.05) is 60.0 Å².